The maximum Gasteiger partial charge on any atom is 0.403 e. The Labute approximate surface area is 116 Å². The second-order valence-corrected chi connectivity index (χ2v) is 4.82. The van der Waals surface area contributed by atoms with Crippen LogP contribution < -0.4 is 4.74 Å². The Morgan fingerprint density at radius 2 is 1.67 bits per heavy atom. The normalized spacial score (nSPS) is 17.3. The zero-order chi connectivity index (χ0) is 15.8. The SMILES string of the molecule is OC(c1ccc2c(c1)CCCO2)C(C(F)(F)F)C(F)(F)F. The number of hydrogen-bond acceptors (Lipinski definition) is 2. The Morgan fingerprint density at radius 3 is 2.24 bits per heavy atom. The summed E-state index contributed by atoms with van der Waals surface area (Å²) in [6.45, 7) is 0.447. The summed E-state index contributed by atoms with van der Waals surface area (Å²) in [6.07, 6.45) is -12.8. The van der Waals surface area contributed by atoms with Crippen molar-refractivity contribution in [1.29, 1.82) is 0 Å². The van der Waals surface area contributed by atoms with E-state index in [-0.39, 0.29) is 0 Å². The lowest BCUT2D eigenvalue weighted by atomic mass is 9.92. The molecular weight excluding hydrogens is 302 g/mol. The van der Waals surface area contributed by atoms with Crippen LogP contribution in [0.2, 0.25) is 0 Å². The highest BCUT2D eigenvalue weighted by molar-refractivity contribution is 5.39. The number of aliphatic hydroxyl groups is 1. The van der Waals surface area contributed by atoms with Gasteiger partial charge in [0.15, 0.2) is 5.92 Å². The van der Waals surface area contributed by atoms with Crippen molar-refractivity contribution in [1.82, 2.24) is 0 Å². The van der Waals surface area contributed by atoms with Gasteiger partial charge in [-0.05, 0) is 36.1 Å². The third-order valence-corrected chi connectivity index (χ3v) is 3.30. The highest BCUT2D eigenvalue weighted by Crippen LogP contribution is 2.46. The summed E-state index contributed by atoms with van der Waals surface area (Å²) in [7, 11) is 0. The van der Waals surface area contributed by atoms with Gasteiger partial charge in [0, 0.05) is 0 Å². The molecule has 118 valence electrons. The molecule has 1 aliphatic rings. The molecule has 0 amide bonds. The summed E-state index contributed by atoms with van der Waals surface area (Å²) in [4.78, 5) is 0. The van der Waals surface area contributed by atoms with E-state index in [2.05, 4.69) is 0 Å². The molecule has 1 aromatic rings. The molecule has 0 bridgehead atoms. The van der Waals surface area contributed by atoms with Gasteiger partial charge >= 0.3 is 12.4 Å². The number of alkyl halides is 6. The highest BCUT2D eigenvalue weighted by Gasteiger charge is 2.60. The molecule has 1 aliphatic heterocycles. The van der Waals surface area contributed by atoms with Gasteiger partial charge in [0.25, 0.3) is 0 Å². The predicted octanol–water partition coefficient (Wildman–Crippen LogP) is 3.79. The summed E-state index contributed by atoms with van der Waals surface area (Å²) in [5.41, 5.74) is 0.0831. The molecule has 8 heteroatoms. The van der Waals surface area contributed by atoms with E-state index in [1.54, 1.807) is 0 Å². The molecule has 1 unspecified atom stereocenters. The summed E-state index contributed by atoms with van der Waals surface area (Å²) >= 11 is 0. The van der Waals surface area contributed by atoms with Crippen molar-refractivity contribution in [3.63, 3.8) is 0 Å². The van der Waals surface area contributed by atoms with E-state index in [9.17, 15) is 31.4 Å². The first kappa shape index (κ1) is 15.9. The fourth-order valence-electron chi connectivity index (χ4n) is 2.30. The van der Waals surface area contributed by atoms with E-state index in [0.29, 0.717) is 30.8 Å². The molecule has 0 fully saturated rings. The number of fused-ring (bicyclic) bond motifs is 1. The van der Waals surface area contributed by atoms with E-state index in [0.717, 1.165) is 12.1 Å². The smallest absolute Gasteiger partial charge is 0.403 e. The van der Waals surface area contributed by atoms with Crippen LogP contribution in [0.5, 0.6) is 5.75 Å². The largest absolute Gasteiger partial charge is 0.493 e. The third kappa shape index (κ3) is 3.42. The average Bonchev–Trinajstić information content (AvgIpc) is 2.34. The van der Waals surface area contributed by atoms with Crippen molar-refractivity contribution < 1.29 is 36.2 Å². The quantitative estimate of drug-likeness (QED) is 0.842. The van der Waals surface area contributed by atoms with Crippen LogP contribution in [0, 0.1) is 5.92 Å². The van der Waals surface area contributed by atoms with Crippen LogP contribution in [-0.4, -0.2) is 24.1 Å². The zero-order valence-corrected chi connectivity index (χ0v) is 10.6. The molecule has 0 radical (unpaired) electrons. The Morgan fingerprint density at radius 1 is 1.05 bits per heavy atom. The van der Waals surface area contributed by atoms with Crippen LogP contribution in [0.15, 0.2) is 18.2 Å². The Balaban J connectivity index is 2.35. The number of halogens is 6. The minimum Gasteiger partial charge on any atom is -0.493 e. The Bertz CT molecular complexity index is 494. The maximum atomic E-state index is 12.6. The van der Waals surface area contributed by atoms with Crippen molar-refractivity contribution in [2.75, 3.05) is 6.61 Å². The first-order valence-electron chi connectivity index (χ1n) is 6.18. The molecule has 1 heterocycles. The van der Waals surface area contributed by atoms with Gasteiger partial charge in [0.05, 0.1) is 12.7 Å². The molecule has 1 aromatic carbocycles. The maximum absolute atomic E-state index is 12.6. The summed E-state index contributed by atoms with van der Waals surface area (Å²) in [6, 6.07) is 3.46. The number of aryl methyl sites for hydroxylation is 1. The van der Waals surface area contributed by atoms with Gasteiger partial charge in [-0.15, -0.1) is 0 Å². The topological polar surface area (TPSA) is 29.5 Å². The molecule has 2 rings (SSSR count). The minimum absolute atomic E-state index is 0.418. The molecule has 0 aromatic heterocycles. The number of benzene rings is 1. The van der Waals surface area contributed by atoms with E-state index >= 15 is 0 Å². The van der Waals surface area contributed by atoms with E-state index in [1.807, 2.05) is 0 Å². The van der Waals surface area contributed by atoms with Crippen LogP contribution in [0.25, 0.3) is 0 Å². The minimum atomic E-state index is -5.58. The van der Waals surface area contributed by atoms with Gasteiger partial charge in [-0.1, -0.05) is 6.07 Å². The van der Waals surface area contributed by atoms with Gasteiger partial charge in [0.1, 0.15) is 5.75 Å². The van der Waals surface area contributed by atoms with Crippen LogP contribution in [0.3, 0.4) is 0 Å². The second kappa shape index (κ2) is 5.40. The number of rotatable bonds is 2. The Hall–Kier alpha value is -1.44. The molecule has 2 nitrogen and oxygen atoms in total. The average molecular weight is 314 g/mol. The fraction of sp³-hybridized carbons (Fsp3) is 0.538. The molecule has 0 saturated carbocycles. The third-order valence-electron chi connectivity index (χ3n) is 3.30. The summed E-state index contributed by atoms with van der Waals surface area (Å²) in [5, 5.41) is 9.57. The standard InChI is InChI=1S/C13H12F6O2/c14-12(15,16)11(13(17,18)19)10(20)8-3-4-9-7(6-8)2-1-5-21-9/h3-4,6,10-11,20H,1-2,5H2. The molecule has 21 heavy (non-hydrogen) atoms. The lowest BCUT2D eigenvalue weighted by Crippen LogP contribution is -2.40. The summed E-state index contributed by atoms with van der Waals surface area (Å²) in [5.74, 6) is -3.39. The van der Waals surface area contributed by atoms with Crippen molar-refractivity contribution in [2.45, 2.75) is 31.3 Å². The van der Waals surface area contributed by atoms with Gasteiger partial charge in [0.2, 0.25) is 0 Å². The number of hydrogen-bond donors (Lipinski definition) is 1. The molecule has 0 aliphatic carbocycles. The Kier molecular flexibility index (Phi) is 4.10. The van der Waals surface area contributed by atoms with Gasteiger partial charge in [-0.2, -0.15) is 26.3 Å². The van der Waals surface area contributed by atoms with E-state index in [1.165, 1.54) is 6.07 Å². The molecule has 1 N–H and O–H groups in total. The lowest BCUT2D eigenvalue weighted by Gasteiger charge is -2.28. The monoisotopic (exact) mass is 314 g/mol. The van der Waals surface area contributed by atoms with Gasteiger partial charge in [-0.25, -0.2) is 0 Å². The first-order valence-corrected chi connectivity index (χ1v) is 6.18. The van der Waals surface area contributed by atoms with Crippen LogP contribution in [0.4, 0.5) is 26.3 Å². The number of ether oxygens (including phenoxy) is 1. The van der Waals surface area contributed by atoms with E-state index < -0.39 is 29.9 Å². The van der Waals surface area contributed by atoms with Crippen molar-refractivity contribution >= 4 is 0 Å². The lowest BCUT2D eigenvalue weighted by molar-refractivity contribution is -0.307. The molecule has 0 spiro atoms. The van der Waals surface area contributed by atoms with E-state index in [4.69, 9.17) is 4.74 Å². The van der Waals surface area contributed by atoms with Crippen molar-refractivity contribution in [3.05, 3.63) is 29.3 Å². The van der Waals surface area contributed by atoms with Gasteiger partial charge in [-0.3, -0.25) is 0 Å². The van der Waals surface area contributed by atoms with Crippen LogP contribution in [0.1, 0.15) is 23.7 Å². The van der Waals surface area contributed by atoms with Crippen LogP contribution >= 0.6 is 0 Å². The second-order valence-electron chi connectivity index (χ2n) is 4.82. The molecule has 1 atom stereocenters. The van der Waals surface area contributed by atoms with Gasteiger partial charge < -0.3 is 9.84 Å². The molecular formula is C13H12F6O2. The van der Waals surface area contributed by atoms with Crippen molar-refractivity contribution in [3.8, 4) is 5.75 Å². The predicted molar refractivity (Wildman–Crippen MR) is 60.8 cm³/mol. The van der Waals surface area contributed by atoms with Crippen molar-refractivity contribution in [2.24, 2.45) is 5.92 Å². The number of aliphatic hydroxyl groups excluding tert-OH is 1. The highest BCUT2D eigenvalue weighted by atomic mass is 19.4. The fourth-order valence-corrected chi connectivity index (χ4v) is 2.30. The molecule has 0 saturated heterocycles. The van der Waals surface area contributed by atoms with Crippen LogP contribution in [-0.2, 0) is 6.42 Å². The first-order chi connectivity index (χ1) is 9.60. The summed E-state index contributed by atoms with van der Waals surface area (Å²) < 4.78 is 80.7. The zero-order valence-electron chi connectivity index (χ0n) is 10.6.